The first-order chi connectivity index (χ1) is 7.20. The SMILES string of the molecule is Cc1ccc(-n2cc(CN)c(C)n2)cc1. The van der Waals surface area contributed by atoms with Crippen molar-refractivity contribution in [2.45, 2.75) is 20.4 Å². The van der Waals surface area contributed by atoms with Crippen LogP contribution in [-0.2, 0) is 6.54 Å². The van der Waals surface area contributed by atoms with Gasteiger partial charge in [0.05, 0.1) is 11.4 Å². The van der Waals surface area contributed by atoms with Gasteiger partial charge in [0.1, 0.15) is 0 Å². The monoisotopic (exact) mass is 201 g/mol. The number of aryl methyl sites for hydroxylation is 2. The van der Waals surface area contributed by atoms with Gasteiger partial charge in [0, 0.05) is 18.3 Å². The van der Waals surface area contributed by atoms with E-state index in [1.807, 2.05) is 17.8 Å². The topological polar surface area (TPSA) is 43.8 Å². The molecule has 2 aromatic rings. The summed E-state index contributed by atoms with van der Waals surface area (Å²) in [7, 11) is 0. The Hall–Kier alpha value is -1.61. The van der Waals surface area contributed by atoms with Crippen molar-refractivity contribution < 1.29 is 0 Å². The fourth-order valence-corrected chi connectivity index (χ4v) is 1.53. The Kier molecular flexibility index (Phi) is 2.56. The van der Waals surface area contributed by atoms with Gasteiger partial charge in [-0.2, -0.15) is 5.10 Å². The highest BCUT2D eigenvalue weighted by atomic mass is 15.3. The van der Waals surface area contributed by atoms with Crippen LogP contribution in [-0.4, -0.2) is 9.78 Å². The van der Waals surface area contributed by atoms with E-state index in [1.165, 1.54) is 5.56 Å². The lowest BCUT2D eigenvalue weighted by Gasteiger charge is -2.00. The summed E-state index contributed by atoms with van der Waals surface area (Å²) in [5, 5.41) is 4.42. The average Bonchev–Trinajstić information content (AvgIpc) is 2.61. The van der Waals surface area contributed by atoms with Crippen molar-refractivity contribution in [1.29, 1.82) is 0 Å². The molecule has 0 fully saturated rings. The maximum atomic E-state index is 5.61. The highest BCUT2D eigenvalue weighted by molar-refractivity contribution is 5.35. The Balaban J connectivity index is 2.41. The molecule has 0 aliphatic carbocycles. The van der Waals surface area contributed by atoms with E-state index in [4.69, 9.17) is 5.73 Å². The number of hydrogen-bond donors (Lipinski definition) is 1. The minimum Gasteiger partial charge on any atom is -0.326 e. The van der Waals surface area contributed by atoms with Crippen LogP contribution in [0, 0.1) is 13.8 Å². The largest absolute Gasteiger partial charge is 0.326 e. The molecule has 2 rings (SSSR count). The number of rotatable bonds is 2. The maximum Gasteiger partial charge on any atom is 0.0645 e. The Morgan fingerprint density at radius 2 is 1.87 bits per heavy atom. The van der Waals surface area contributed by atoms with E-state index >= 15 is 0 Å². The molecule has 2 N–H and O–H groups in total. The van der Waals surface area contributed by atoms with Gasteiger partial charge in [0.2, 0.25) is 0 Å². The van der Waals surface area contributed by atoms with Crippen LogP contribution in [0.4, 0.5) is 0 Å². The van der Waals surface area contributed by atoms with Gasteiger partial charge in [-0.15, -0.1) is 0 Å². The molecule has 0 unspecified atom stereocenters. The van der Waals surface area contributed by atoms with E-state index in [2.05, 4.69) is 36.3 Å². The molecule has 0 saturated heterocycles. The summed E-state index contributed by atoms with van der Waals surface area (Å²) >= 11 is 0. The molecule has 0 aliphatic rings. The molecule has 0 atom stereocenters. The lowest BCUT2D eigenvalue weighted by molar-refractivity contribution is 0.862. The smallest absolute Gasteiger partial charge is 0.0645 e. The summed E-state index contributed by atoms with van der Waals surface area (Å²) in [4.78, 5) is 0. The summed E-state index contributed by atoms with van der Waals surface area (Å²) in [5.74, 6) is 0. The zero-order valence-corrected chi connectivity index (χ0v) is 9.07. The summed E-state index contributed by atoms with van der Waals surface area (Å²) in [6.07, 6.45) is 1.99. The quantitative estimate of drug-likeness (QED) is 0.807. The molecule has 15 heavy (non-hydrogen) atoms. The molecule has 0 amide bonds. The van der Waals surface area contributed by atoms with E-state index in [0.717, 1.165) is 16.9 Å². The van der Waals surface area contributed by atoms with Crippen LogP contribution in [0.25, 0.3) is 5.69 Å². The molecular weight excluding hydrogens is 186 g/mol. The minimum absolute atomic E-state index is 0.539. The van der Waals surface area contributed by atoms with Gasteiger partial charge < -0.3 is 5.73 Å². The van der Waals surface area contributed by atoms with Gasteiger partial charge in [-0.05, 0) is 26.0 Å². The van der Waals surface area contributed by atoms with Crippen LogP contribution in [0.2, 0.25) is 0 Å². The van der Waals surface area contributed by atoms with Crippen molar-refractivity contribution in [3.8, 4) is 5.69 Å². The van der Waals surface area contributed by atoms with E-state index in [0.29, 0.717) is 6.54 Å². The molecule has 3 heteroatoms. The molecule has 0 radical (unpaired) electrons. The van der Waals surface area contributed by atoms with Crippen LogP contribution >= 0.6 is 0 Å². The molecule has 1 aromatic carbocycles. The second kappa shape index (κ2) is 3.87. The predicted molar refractivity (Wildman–Crippen MR) is 60.9 cm³/mol. The van der Waals surface area contributed by atoms with Crippen LogP contribution in [0.15, 0.2) is 30.5 Å². The van der Waals surface area contributed by atoms with Crippen LogP contribution < -0.4 is 5.73 Å². The van der Waals surface area contributed by atoms with Gasteiger partial charge in [0.25, 0.3) is 0 Å². The molecule has 0 spiro atoms. The summed E-state index contributed by atoms with van der Waals surface area (Å²) in [6, 6.07) is 8.27. The Morgan fingerprint density at radius 1 is 1.20 bits per heavy atom. The van der Waals surface area contributed by atoms with Crippen molar-refractivity contribution in [1.82, 2.24) is 9.78 Å². The molecule has 1 aromatic heterocycles. The molecule has 3 nitrogen and oxygen atoms in total. The Labute approximate surface area is 89.5 Å². The third-order valence-corrected chi connectivity index (χ3v) is 2.52. The number of aromatic nitrogens is 2. The summed E-state index contributed by atoms with van der Waals surface area (Å²) in [6.45, 7) is 4.59. The van der Waals surface area contributed by atoms with Crippen molar-refractivity contribution in [2.24, 2.45) is 5.73 Å². The normalized spacial score (nSPS) is 10.6. The second-order valence-electron chi connectivity index (χ2n) is 3.72. The lowest BCUT2D eigenvalue weighted by atomic mass is 10.2. The first kappa shape index (κ1) is 9.93. The predicted octanol–water partition coefficient (Wildman–Crippen LogP) is 1.95. The van der Waals surface area contributed by atoms with Crippen molar-refractivity contribution in [2.75, 3.05) is 0 Å². The second-order valence-corrected chi connectivity index (χ2v) is 3.72. The van der Waals surface area contributed by atoms with Crippen molar-refractivity contribution >= 4 is 0 Å². The Morgan fingerprint density at radius 3 is 2.40 bits per heavy atom. The van der Waals surface area contributed by atoms with Gasteiger partial charge >= 0.3 is 0 Å². The standard InChI is InChI=1S/C12H15N3/c1-9-3-5-12(6-4-9)15-8-11(7-13)10(2)14-15/h3-6,8H,7,13H2,1-2H3. The van der Waals surface area contributed by atoms with E-state index in [9.17, 15) is 0 Å². The maximum absolute atomic E-state index is 5.61. The molecule has 0 bridgehead atoms. The van der Waals surface area contributed by atoms with Crippen LogP contribution in [0.1, 0.15) is 16.8 Å². The molecule has 1 heterocycles. The first-order valence-corrected chi connectivity index (χ1v) is 5.03. The zero-order chi connectivity index (χ0) is 10.8. The van der Waals surface area contributed by atoms with E-state index < -0.39 is 0 Å². The zero-order valence-electron chi connectivity index (χ0n) is 9.07. The lowest BCUT2D eigenvalue weighted by Crippen LogP contribution is -1.96. The molecule has 0 aliphatic heterocycles. The van der Waals surface area contributed by atoms with Crippen LogP contribution in [0.3, 0.4) is 0 Å². The van der Waals surface area contributed by atoms with Gasteiger partial charge in [-0.3, -0.25) is 0 Å². The number of nitrogens with zero attached hydrogens (tertiary/aromatic N) is 2. The summed E-state index contributed by atoms with van der Waals surface area (Å²) < 4.78 is 1.87. The van der Waals surface area contributed by atoms with Crippen LogP contribution in [0.5, 0.6) is 0 Å². The van der Waals surface area contributed by atoms with Gasteiger partial charge in [0.15, 0.2) is 0 Å². The third-order valence-electron chi connectivity index (χ3n) is 2.52. The molecule has 78 valence electrons. The first-order valence-electron chi connectivity index (χ1n) is 5.03. The number of nitrogens with two attached hydrogens (primary N) is 1. The Bertz CT molecular complexity index is 454. The fraction of sp³-hybridized carbons (Fsp3) is 0.250. The van der Waals surface area contributed by atoms with E-state index in [1.54, 1.807) is 0 Å². The average molecular weight is 201 g/mol. The van der Waals surface area contributed by atoms with Gasteiger partial charge in [-0.1, -0.05) is 17.7 Å². The van der Waals surface area contributed by atoms with Gasteiger partial charge in [-0.25, -0.2) is 4.68 Å². The number of benzene rings is 1. The molecule has 0 saturated carbocycles. The highest BCUT2D eigenvalue weighted by Crippen LogP contribution is 2.12. The molecular formula is C12H15N3. The summed E-state index contributed by atoms with van der Waals surface area (Å²) in [5.41, 5.74) is 10.0. The van der Waals surface area contributed by atoms with Crippen molar-refractivity contribution in [3.63, 3.8) is 0 Å². The third kappa shape index (κ3) is 1.92. The highest BCUT2D eigenvalue weighted by Gasteiger charge is 2.03. The fourth-order valence-electron chi connectivity index (χ4n) is 1.53. The minimum atomic E-state index is 0.539. The van der Waals surface area contributed by atoms with Crippen molar-refractivity contribution in [3.05, 3.63) is 47.3 Å². The number of hydrogen-bond acceptors (Lipinski definition) is 2. The van der Waals surface area contributed by atoms with E-state index in [-0.39, 0.29) is 0 Å².